The molecule has 0 fully saturated rings. The van der Waals surface area contributed by atoms with E-state index in [0.717, 1.165) is 16.8 Å². The molecule has 0 saturated heterocycles. The summed E-state index contributed by atoms with van der Waals surface area (Å²) in [6.07, 6.45) is 0. The molecule has 1 aliphatic rings. The van der Waals surface area contributed by atoms with E-state index in [1.54, 1.807) is 60.7 Å². The van der Waals surface area contributed by atoms with E-state index >= 15 is 0 Å². The van der Waals surface area contributed by atoms with Gasteiger partial charge in [0.25, 0.3) is 17.7 Å². The Balaban J connectivity index is 0.882. The summed E-state index contributed by atoms with van der Waals surface area (Å²) in [6.45, 7) is 1.45. The standard InChI is InChI=1S/C55H38Cl4N4O4/c1-31(64)32-11-13-34(14-12-32)53(66)62-50-29-46(56)42(27-48(50)58)43-28-49(59)51(30-47(43)57)63-54(67)35-17-15-33(16-18-35)52(65)61-39-25-21-37(22-26-39)55(36-19-23-38(60-2)24-20-36)44-9-5-3-7-40(44)41-8-4-6-10-45(41)55/h3-30,60H,1-2H3,(H,61,65)(H,62,66)(H,63,67). The molecule has 4 N–H and O–H groups in total. The molecule has 0 atom stereocenters. The lowest BCUT2D eigenvalue weighted by atomic mass is 9.67. The van der Waals surface area contributed by atoms with Crippen molar-refractivity contribution in [1.29, 1.82) is 0 Å². The van der Waals surface area contributed by atoms with Crippen LogP contribution < -0.4 is 21.3 Å². The van der Waals surface area contributed by atoms with Gasteiger partial charge in [0.15, 0.2) is 5.78 Å². The first-order chi connectivity index (χ1) is 32.3. The molecule has 330 valence electrons. The number of carbonyl (C=O) groups excluding carboxylic acids is 4. The van der Waals surface area contributed by atoms with E-state index < -0.39 is 17.2 Å². The molecule has 0 aromatic heterocycles. The van der Waals surface area contributed by atoms with Crippen molar-refractivity contribution in [3.8, 4) is 22.3 Å². The molecular formula is C55H38Cl4N4O4. The SMILES string of the molecule is CNc1ccc(C2(c3ccc(NC(=O)c4ccc(C(=O)Nc5cc(Cl)c(-c6cc(Cl)c(NC(=O)c7ccc(C(C)=O)cc7)cc6Cl)cc5Cl)cc4)cc3)c3ccccc3-c3ccccc32)cc1. The van der Waals surface area contributed by atoms with Crippen LogP contribution in [0.5, 0.6) is 0 Å². The number of anilines is 4. The second-order valence-corrected chi connectivity index (χ2v) is 17.6. The Morgan fingerprint density at radius 3 is 1.18 bits per heavy atom. The van der Waals surface area contributed by atoms with Crippen molar-refractivity contribution in [3.63, 3.8) is 0 Å². The van der Waals surface area contributed by atoms with Crippen LogP contribution in [0.4, 0.5) is 22.7 Å². The molecule has 0 heterocycles. The molecule has 3 amide bonds. The van der Waals surface area contributed by atoms with Crippen LogP contribution in [0.1, 0.15) is 70.6 Å². The lowest BCUT2D eigenvalue weighted by Gasteiger charge is -2.34. The Hall–Kier alpha value is -7.20. The van der Waals surface area contributed by atoms with Gasteiger partial charge >= 0.3 is 0 Å². The Labute approximate surface area is 406 Å². The summed E-state index contributed by atoms with van der Waals surface area (Å²) in [7, 11) is 1.91. The Kier molecular flexibility index (Phi) is 12.5. The number of Topliss-reactive ketones (excluding diaryl/α,β-unsaturated/α-hetero) is 1. The van der Waals surface area contributed by atoms with Crippen molar-refractivity contribution < 1.29 is 19.2 Å². The van der Waals surface area contributed by atoms with Gasteiger partial charge < -0.3 is 21.3 Å². The van der Waals surface area contributed by atoms with Crippen molar-refractivity contribution >= 4 is 92.7 Å². The highest BCUT2D eigenvalue weighted by molar-refractivity contribution is 6.41. The number of halogens is 4. The zero-order chi connectivity index (χ0) is 47.0. The van der Waals surface area contributed by atoms with Crippen LogP contribution in [0.3, 0.4) is 0 Å². The highest BCUT2D eigenvalue weighted by atomic mass is 35.5. The van der Waals surface area contributed by atoms with Gasteiger partial charge in [0.2, 0.25) is 0 Å². The highest BCUT2D eigenvalue weighted by Gasteiger charge is 2.45. The summed E-state index contributed by atoms with van der Waals surface area (Å²) < 4.78 is 0. The van der Waals surface area contributed by atoms with Gasteiger partial charge in [0.1, 0.15) is 0 Å². The molecule has 0 saturated carbocycles. The largest absolute Gasteiger partial charge is 0.388 e. The Morgan fingerprint density at radius 2 is 0.776 bits per heavy atom. The maximum absolute atomic E-state index is 13.5. The quantitative estimate of drug-likeness (QED) is 0.0964. The smallest absolute Gasteiger partial charge is 0.255 e. The predicted molar refractivity (Wildman–Crippen MR) is 272 cm³/mol. The van der Waals surface area contributed by atoms with Crippen LogP contribution >= 0.6 is 46.4 Å². The zero-order valence-electron chi connectivity index (χ0n) is 35.8. The van der Waals surface area contributed by atoms with Crippen LogP contribution in [0.15, 0.2) is 170 Å². The van der Waals surface area contributed by atoms with E-state index in [9.17, 15) is 19.2 Å². The van der Waals surface area contributed by atoms with Gasteiger partial charge in [-0.1, -0.05) is 131 Å². The number of amides is 3. The number of carbonyl (C=O) groups is 4. The van der Waals surface area contributed by atoms with Crippen molar-refractivity contribution in [1.82, 2.24) is 0 Å². The first kappa shape index (κ1) is 45.0. The molecule has 0 spiro atoms. The van der Waals surface area contributed by atoms with E-state index in [4.69, 9.17) is 46.4 Å². The van der Waals surface area contributed by atoms with Crippen molar-refractivity contribution in [2.45, 2.75) is 12.3 Å². The van der Waals surface area contributed by atoms with E-state index in [1.807, 2.05) is 19.2 Å². The second-order valence-electron chi connectivity index (χ2n) is 15.9. The number of hydrogen-bond donors (Lipinski definition) is 4. The fourth-order valence-corrected chi connectivity index (χ4v) is 9.59. The van der Waals surface area contributed by atoms with E-state index in [1.165, 1.54) is 41.3 Å². The minimum Gasteiger partial charge on any atom is -0.388 e. The lowest BCUT2D eigenvalue weighted by Crippen LogP contribution is -2.28. The maximum Gasteiger partial charge on any atom is 0.255 e. The molecule has 0 bridgehead atoms. The summed E-state index contributed by atoms with van der Waals surface area (Å²) in [5, 5.41) is 12.6. The van der Waals surface area contributed by atoms with Gasteiger partial charge in [0, 0.05) is 51.8 Å². The fraction of sp³-hybridized carbons (Fsp3) is 0.0545. The number of nitrogens with one attached hydrogen (secondary N) is 4. The van der Waals surface area contributed by atoms with E-state index in [-0.39, 0.29) is 48.7 Å². The number of benzene rings is 8. The second kappa shape index (κ2) is 18.6. The average molecular weight is 961 g/mol. The van der Waals surface area contributed by atoms with Gasteiger partial charge in [-0.2, -0.15) is 0 Å². The zero-order valence-corrected chi connectivity index (χ0v) is 38.8. The average Bonchev–Trinajstić information content (AvgIpc) is 3.65. The monoisotopic (exact) mass is 958 g/mol. The molecule has 8 nitrogen and oxygen atoms in total. The maximum atomic E-state index is 13.5. The summed E-state index contributed by atoms with van der Waals surface area (Å²) in [6, 6.07) is 52.1. The molecular weight excluding hydrogens is 922 g/mol. The van der Waals surface area contributed by atoms with Crippen LogP contribution in [-0.4, -0.2) is 30.6 Å². The third-order valence-electron chi connectivity index (χ3n) is 12.0. The number of fused-ring (bicyclic) bond motifs is 3. The molecule has 8 aromatic carbocycles. The summed E-state index contributed by atoms with van der Waals surface area (Å²) in [5.74, 6) is -1.37. The van der Waals surface area contributed by atoms with Gasteiger partial charge in [-0.05, 0) is 125 Å². The predicted octanol–water partition coefficient (Wildman–Crippen LogP) is 14.3. The third-order valence-corrected chi connectivity index (χ3v) is 13.2. The topological polar surface area (TPSA) is 116 Å². The van der Waals surface area contributed by atoms with Crippen molar-refractivity contribution in [2.75, 3.05) is 28.3 Å². The number of rotatable bonds is 11. The van der Waals surface area contributed by atoms with Gasteiger partial charge in [0.05, 0.1) is 36.9 Å². The first-order valence-corrected chi connectivity index (χ1v) is 22.6. The molecule has 12 heteroatoms. The third kappa shape index (κ3) is 8.57. The van der Waals surface area contributed by atoms with Gasteiger partial charge in [-0.25, -0.2) is 0 Å². The molecule has 1 aliphatic carbocycles. The Bertz CT molecular complexity index is 3220. The molecule has 67 heavy (non-hydrogen) atoms. The number of ketones is 1. The van der Waals surface area contributed by atoms with Crippen LogP contribution in [0, 0.1) is 0 Å². The van der Waals surface area contributed by atoms with Gasteiger partial charge in [-0.15, -0.1) is 0 Å². The molecule has 0 aliphatic heterocycles. The lowest BCUT2D eigenvalue weighted by molar-refractivity contribution is 0.100. The highest BCUT2D eigenvalue weighted by Crippen LogP contribution is 2.56. The van der Waals surface area contributed by atoms with E-state index in [0.29, 0.717) is 33.5 Å². The van der Waals surface area contributed by atoms with Crippen LogP contribution in [-0.2, 0) is 5.41 Å². The molecule has 9 rings (SSSR count). The van der Waals surface area contributed by atoms with Crippen LogP contribution in [0.25, 0.3) is 22.3 Å². The van der Waals surface area contributed by atoms with Gasteiger partial charge in [-0.3, -0.25) is 19.2 Å². The van der Waals surface area contributed by atoms with Crippen molar-refractivity contribution in [2.24, 2.45) is 0 Å². The molecule has 8 aromatic rings. The summed E-state index contributed by atoms with van der Waals surface area (Å²) >= 11 is 26.7. The van der Waals surface area contributed by atoms with Crippen molar-refractivity contribution in [3.05, 3.63) is 234 Å². The fourth-order valence-electron chi connectivity index (χ4n) is 8.63. The minimum absolute atomic E-state index is 0.112. The summed E-state index contributed by atoms with van der Waals surface area (Å²) in [4.78, 5) is 51.5. The first-order valence-electron chi connectivity index (χ1n) is 21.1. The minimum atomic E-state index is -0.582. The number of hydrogen-bond acceptors (Lipinski definition) is 5. The van der Waals surface area contributed by atoms with E-state index in [2.05, 4.69) is 106 Å². The molecule has 0 radical (unpaired) electrons. The normalized spacial score (nSPS) is 12.1. The Morgan fingerprint density at radius 1 is 0.403 bits per heavy atom. The molecule has 0 unspecified atom stereocenters. The summed E-state index contributed by atoms with van der Waals surface area (Å²) in [5.41, 5.74) is 10.8. The van der Waals surface area contributed by atoms with Crippen LogP contribution in [0.2, 0.25) is 20.1 Å².